The predicted octanol–water partition coefficient (Wildman–Crippen LogP) is 5.68. The van der Waals surface area contributed by atoms with Gasteiger partial charge in [-0.05, 0) is 68.1 Å². The highest BCUT2D eigenvalue weighted by Gasteiger charge is 2.16. The Hall–Kier alpha value is -3.66. The van der Waals surface area contributed by atoms with Crippen molar-refractivity contribution in [1.29, 1.82) is 0 Å². The van der Waals surface area contributed by atoms with E-state index in [1.165, 1.54) is 4.57 Å². The molecular formula is C26H24N2O2. The van der Waals surface area contributed by atoms with E-state index in [0.29, 0.717) is 22.0 Å². The van der Waals surface area contributed by atoms with Gasteiger partial charge in [0.2, 0.25) is 5.88 Å². The monoisotopic (exact) mass is 396 g/mol. The van der Waals surface area contributed by atoms with Gasteiger partial charge in [-0.1, -0.05) is 42.5 Å². The van der Waals surface area contributed by atoms with Crippen molar-refractivity contribution < 1.29 is 5.11 Å². The molecule has 4 aromatic rings. The number of benzene rings is 3. The quantitative estimate of drug-likeness (QED) is 0.453. The third-order valence-corrected chi connectivity index (χ3v) is 5.61. The first-order valence-corrected chi connectivity index (χ1v) is 9.93. The summed E-state index contributed by atoms with van der Waals surface area (Å²) in [6, 6.07) is 19.0. The molecule has 0 spiro atoms. The second-order valence-corrected chi connectivity index (χ2v) is 7.69. The first-order chi connectivity index (χ1) is 14.4. The normalized spacial score (nSPS) is 11.5. The summed E-state index contributed by atoms with van der Waals surface area (Å²) >= 11 is 0. The van der Waals surface area contributed by atoms with E-state index in [2.05, 4.69) is 4.99 Å². The Morgan fingerprint density at radius 3 is 2.13 bits per heavy atom. The highest BCUT2D eigenvalue weighted by Crippen LogP contribution is 2.28. The third kappa shape index (κ3) is 3.30. The summed E-state index contributed by atoms with van der Waals surface area (Å²) in [4.78, 5) is 17.9. The third-order valence-electron chi connectivity index (χ3n) is 5.61. The fourth-order valence-electron chi connectivity index (χ4n) is 3.73. The average molecular weight is 396 g/mol. The number of pyridine rings is 1. The van der Waals surface area contributed by atoms with E-state index >= 15 is 0 Å². The minimum absolute atomic E-state index is 0.114. The lowest BCUT2D eigenvalue weighted by Crippen LogP contribution is -2.20. The van der Waals surface area contributed by atoms with Crippen LogP contribution in [0.15, 0.2) is 70.5 Å². The summed E-state index contributed by atoms with van der Waals surface area (Å²) < 4.78 is 1.36. The summed E-state index contributed by atoms with van der Waals surface area (Å²) in [6.45, 7) is 8.03. The van der Waals surface area contributed by atoms with E-state index in [4.69, 9.17) is 0 Å². The number of aromatic nitrogens is 1. The Labute approximate surface area is 175 Å². The lowest BCUT2D eigenvalue weighted by Gasteiger charge is -2.15. The number of para-hydroxylation sites is 1. The van der Waals surface area contributed by atoms with E-state index in [1.807, 2.05) is 82.3 Å². The van der Waals surface area contributed by atoms with Crippen LogP contribution in [0.5, 0.6) is 5.88 Å². The van der Waals surface area contributed by atoms with Gasteiger partial charge in [0.05, 0.1) is 16.9 Å². The van der Waals surface area contributed by atoms with Crippen LogP contribution >= 0.6 is 0 Å². The lowest BCUT2D eigenvalue weighted by molar-refractivity contribution is 0.436. The minimum atomic E-state index is -0.254. The molecule has 30 heavy (non-hydrogen) atoms. The first kappa shape index (κ1) is 19.6. The number of fused-ring (bicyclic) bond motifs is 1. The molecule has 0 unspecified atom stereocenters. The molecule has 0 fully saturated rings. The SMILES string of the molecule is Cc1ccc(-n2c(O)c(C=Nc3c(C)cccc3C)c3ccccc3c2=O)cc1C. The van der Waals surface area contributed by atoms with Gasteiger partial charge in [0, 0.05) is 17.0 Å². The number of nitrogens with zero attached hydrogens (tertiary/aromatic N) is 2. The summed E-state index contributed by atoms with van der Waals surface area (Å²) in [5, 5.41) is 12.4. The number of rotatable bonds is 3. The molecule has 0 amide bonds. The van der Waals surface area contributed by atoms with Crippen molar-refractivity contribution in [1.82, 2.24) is 4.57 Å². The fraction of sp³-hybridized carbons (Fsp3) is 0.154. The van der Waals surface area contributed by atoms with Crippen molar-refractivity contribution in [2.24, 2.45) is 4.99 Å². The van der Waals surface area contributed by atoms with Gasteiger partial charge >= 0.3 is 0 Å². The van der Waals surface area contributed by atoms with Crippen molar-refractivity contribution in [3.63, 3.8) is 0 Å². The van der Waals surface area contributed by atoms with Crippen LogP contribution in [0.4, 0.5) is 5.69 Å². The van der Waals surface area contributed by atoms with Gasteiger partial charge in [-0.25, -0.2) is 4.57 Å². The highest BCUT2D eigenvalue weighted by molar-refractivity contribution is 6.02. The number of aromatic hydroxyl groups is 1. The molecule has 3 aromatic carbocycles. The van der Waals surface area contributed by atoms with Gasteiger partial charge in [0.15, 0.2) is 0 Å². The van der Waals surface area contributed by atoms with Crippen LogP contribution < -0.4 is 5.56 Å². The molecule has 1 N–H and O–H groups in total. The van der Waals surface area contributed by atoms with Crippen molar-refractivity contribution in [2.75, 3.05) is 0 Å². The van der Waals surface area contributed by atoms with Gasteiger partial charge in [-0.3, -0.25) is 9.79 Å². The van der Waals surface area contributed by atoms with Gasteiger partial charge in [0.1, 0.15) is 0 Å². The molecule has 0 atom stereocenters. The molecule has 0 saturated heterocycles. The largest absolute Gasteiger partial charge is 0.494 e. The van der Waals surface area contributed by atoms with E-state index in [9.17, 15) is 9.90 Å². The fourth-order valence-corrected chi connectivity index (χ4v) is 3.73. The zero-order chi connectivity index (χ0) is 21.4. The molecule has 4 nitrogen and oxygen atoms in total. The molecule has 0 bridgehead atoms. The van der Waals surface area contributed by atoms with Crippen LogP contribution in [0.1, 0.15) is 27.8 Å². The van der Waals surface area contributed by atoms with Crippen LogP contribution in [-0.2, 0) is 0 Å². The Morgan fingerprint density at radius 2 is 1.47 bits per heavy atom. The molecule has 150 valence electrons. The maximum absolute atomic E-state index is 13.2. The first-order valence-electron chi connectivity index (χ1n) is 9.93. The minimum Gasteiger partial charge on any atom is -0.494 e. The van der Waals surface area contributed by atoms with E-state index in [-0.39, 0.29) is 11.4 Å². The second kappa shape index (κ2) is 7.64. The van der Waals surface area contributed by atoms with Crippen LogP contribution in [0, 0.1) is 27.7 Å². The van der Waals surface area contributed by atoms with E-state index in [0.717, 1.165) is 27.9 Å². The Kier molecular flexibility index (Phi) is 5.00. The smallest absolute Gasteiger partial charge is 0.265 e. The van der Waals surface area contributed by atoms with Gasteiger partial charge in [-0.15, -0.1) is 0 Å². The highest BCUT2D eigenvalue weighted by atomic mass is 16.3. The number of aliphatic imine (C=N–C) groups is 1. The standard InChI is InChI=1S/C26H24N2O2/c1-16-12-13-20(14-19(16)4)28-25(29)22-11-6-5-10-21(22)23(26(28)30)15-27-24-17(2)8-7-9-18(24)3/h5-15,30H,1-4H3. The number of hydrogen-bond acceptors (Lipinski definition) is 3. The van der Waals surface area contributed by atoms with Gasteiger partial charge in [0.25, 0.3) is 5.56 Å². The zero-order valence-electron chi connectivity index (χ0n) is 17.6. The van der Waals surface area contributed by atoms with Gasteiger partial charge < -0.3 is 5.11 Å². The molecule has 0 saturated carbocycles. The molecule has 0 aliphatic carbocycles. The number of aryl methyl sites for hydroxylation is 4. The summed E-state index contributed by atoms with van der Waals surface area (Å²) in [6.07, 6.45) is 1.66. The van der Waals surface area contributed by atoms with Crippen molar-refractivity contribution in [3.8, 4) is 11.6 Å². The Bertz CT molecular complexity index is 1340. The van der Waals surface area contributed by atoms with Crippen molar-refractivity contribution >= 4 is 22.7 Å². The molecule has 1 aromatic heterocycles. The second-order valence-electron chi connectivity index (χ2n) is 7.69. The van der Waals surface area contributed by atoms with Crippen LogP contribution in [0.25, 0.3) is 16.5 Å². The average Bonchev–Trinajstić information content (AvgIpc) is 2.72. The Morgan fingerprint density at radius 1 is 0.800 bits per heavy atom. The molecule has 4 heteroatoms. The lowest BCUT2D eigenvalue weighted by atomic mass is 10.1. The molecule has 1 heterocycles. The maximum Gasteiger partial charge on any atom is 0.265 e. The number of hydrogen-bond donors (Lipinski definition) is 1. The van der Waals surface area contributed by atoms with Gasteiger partial charge in [-0.2, -0.15) is 0 Å². The summed E-state index contributed by atoms with van der Waals surface area (Å²) in [7, 11) is 0. The molecule has 0 aliphatic heterocycles. The van der Waals surface area contributed by atoms with Crippen LogP contribution in [0.3, 0.4) is 0 Å². The topological polar surface area (TPSA) is 54.6 Å². The van der Waals surface area contributed by atoms with E-state index < -0.39 is 0 Å². The summed E-state index contributed by atoms with van der Waals surface area (Å²) in [5.74, 6) is -0.114. The van der Waals surface area contributed by atoms with Crippen LogP contribution in [0.2, 0.25) is 0 Å². The van der Waals surface area contributed by atoms with E-state index in [1.54, 1.807) is 12.3 Å². The Balaban J connectivity index is 2.01. The van der Waals surface area contributed by atoms with Crippen molar-refractivity contribution in [2.45, 2.75) is 27.7 Å². The molecule has 4 rings (SSSR count). The van der Waals surface area contributed by atoms with Crippen molar-refractivity contribution in [3.05, 3.63) is 98.8 Å². The molecular weight excluding hydrogens is 372 g/mol. The van der Waals surface area contributed by atoms with Crippen LogP contribution in [-0.4, -0.2) is 15.9 Å². The molecule has 0 aliphatic rings. The predicted molar refractivity (Wildman–Crippen MR) is 124 cm³/mol. The maximum atomic E-state index is 13.2. The molecule has 0 radical (unpaired) electrons. The zero-order valence-corrected chi connectivity index (χ0v) is 17.6. The summed E-state index contributed by atoms with van der Waals surface area (Å²) in [5.41, 5.74) is 6.05.